The van der Waals surface area contributed by atoms with Crippen LogP contribution in [0.5, 0.6) is 5.75 Å². The van der Waals surface area contributed by atoms with Crippen LogP contribution in [0, 0.1) is 6.92 Å². The highest BCUT2D eigenvalue weighted by Gasteiger charge is 2.18. The van der Waals surface area contributed by atoms with E-state index in [9.17, 15) is 4.79 Å². The van der Waals surface area contributed by atoms with E-state index < -0.39 is 0 Å². The lowest BCUT2D eigenvalue weighted by Gasteiger charge is -2.21. The summed E-state index contributed by atoms with van der Waals surface area (Å²) in [7, 11) is 1.79. The monoisotopic (exact) mass is 549 g/mol. The highest BCUT2D eigenvalue weighted by atomic mass is 16.5. The molecule has 2 heterocycles. The highest BCUT2D eigenvalue weighted by molar-refractivity contribution is 6.07. The maximum Gasteiger partial charge on any atom is 0.324 e. The molecule has 9 nitrogen and oxygen atoms in total. The number of carbonyl (C=O) groups is 1. The molecule has 0 unspecified atom stereocenters. The number of aryl methyl sites for hydroxylation is 1. The molecule has 5 aromatic rings. The Balaban J connectivity index is 1.31. The minimum Gasteiger partial charge on any atom is -0.493 e. The molecular formula is C32H35N7O2. The number of rotatable bonds is 8. The average Bonchev–Trinajstić information content (AvgIpc) is 3.41. The van der Waals surface area contributed by atoms with Gasteiger partial charge in [-0.05, 0) is 47.7 Å². The molecule has 0 aliphatic heterocycles. The number of urea groups is 1. The Bertz CT molecular complexity index is 1690. The summed E-state index contributed by atoms with van der Waals surface area (Å²) in [4.78, 5) is 21.8. The molecule has 0 saturated carbocycles. The molecule has 0 atom stereocenters. The van der Waals surface area contributed by atoms with Crippen molar-refractivity contribution in [2.45, 2.75) is 39.5 Å². The number of ether oxygens (including phenoxy) is 1. The number of hydrogen-bond acceptors (Lipinski definition) is 6. The van der Waals surface area contributed by atoms with Crippen molar-refractivity contribution in [1.29, 1.82) is 0 Å². The average molecular weight is 550 g/mol. The lowest BCUT2D eigenvalue weighted by atomic mass is 9.86. The molecule has 5 rings (SSSR count). The van der Waals surface area contributed by atoms with E-state index in [1.165, 1.54) is 5.56 Å². The van der Waals surface area contributed by atoms with Gasteiger partial charge in [0.2, 0.25) is 5.95 Å². The molecular weight excluding hydrogens is 514 g/mol. The zero-order valence-corrected chi connectivity index (χ0v) is 24.0. The lowest BCUT2D eigenvalue weighted by Crippen LogP contribution is -2.22. The van der Waals surface area contributed by atoms with Gasteiger partial charge in [-0.2, -0.15) is 5.10 Å². The zero-order chi connectivity index (χ0) is 29.0. The predicted molar refractivity (Wildman–Crippen MR) is 164 cm³/mol. The SMILES string of the molecule is CNc1nccc(CCOc2ccc(NC(=O)Nc3ccnn3-c3cc(C(C)(C)C)ccc3C)c3ccccc23)n1. The van der Waals surface area contributed by atoms with E-state index in [0.717, 1.165) is 33.5 Å². The first-order valence-electron chi connectivity index (χ1n) is 13.6. The van der Waals surface area contributed by atoms with Gasteiger partial charge in [-0.1, -0.05) is 57.2 Å². The van der Waals surface area contributed by atoms with E-state index in [0.29, 0.717) is 30.5 Å². The second-order valence-electron chi connectivity index (χ2n) is 10.8. The third-order valence-electron chi connectivity index (χ3n) is 6.87. The quantitative estimate of drug-likeness (QED) is 0.198. The minimum absolute atomic E-state index is 0.0104. The number of nitrogens with one attached hydrogen (secondary N) is 3. The summed E-state index contributed by atoms with van der Waals surface area (Å²) in [5.41, 5.74) is 4.74. The Morgan fingerprint density at radius 2 is 1.76 bits per heavy atom. The Hall–Kier alpha value is -4.92. The number of hydrogen-bond donors (Lipinski definition) is 3. The van der Waals surface area contributed by atoms with Crippen molar-refractivity contribution in [3.05, 3.63) is 95.9 Å². The third kappa shape index (κ3) is 6.30. The Labute approximate surface area is 240 Å². The Morgan fingerprint density at radius 1 is 0.951 bits per heavy atom. The van der Waals surface area contributed by atoms with Crippen LogP contribution in [0.4, 0.5) is 22.2 Å². The maximum absolute atomic E-state index is 13.2. The molecule has 0 bridgehead atoms. The van der Waals surface area contributed by atoms with Gasteiger partial charge in [0, 0.05) is 42.2 Å². The molecule has 0 aliphatic carbocycles. The standard InChI is InChI=1S/C32H35N7O2/c1-21-10-11-22(32(2,3)4)20-27(21)39-29(15-18-35-39)38-31(40)37-26-12-13-28(25-9-7-6-8-24(25)26)41-19-16-23-14-17-34-30(33-5)36-23/h6-15,17-18,20H,16,19H2,1-5H3,(H,33,34,36)(H2,37,38,40). The van der Waals surface area contributed by atoms with Gasteiger partial charge in [-0.3, -0.25) is 5.32 Å². The van der Waals surface area contributed by atoms with Crippen LogP contribution in [0.1, 0.15) is 37.6 Å². The van der Waals surface area contributed by atoms with Crippen molar-refractivity contribution in [2.24, 2.45) is 0 Å². The van der Waals surface area contributed by atoms with Gasteiger partial charge in [0.25, 0.3) is 0 Å². The Kier molecular flexibility index (Phi) is 7.87. The summed E-state index contributed by atoms with van der Waals surface area (Å²) >= 11 is 0. The fraction of sp³-hybridized carbons (Fsp3) is 0.250. The van der Waals surface area contributed by atoms with Crippen LogP contribution in [0.3, 0.4) is 0 Å². The van der Waals surface area contributed by atoms with E-state index in [2.05, 4.69) is 70.0 Å². The molecule has 9 heteroatoms. The van der Waals surface area contributed by atoms with Crippen molar-refractivity contribution in [2.75, 3.05) is 29.6 Å². The van der Waals surface area contributed by atoms with E-state index in [4.69, 9.17) is 4.74 Å². The van der Waals surface area contributed by atoms with Crippen molar-refractivity contribution < 1.29 is 9.53 Å². The van der Waals surface area contributed by atoms with E-state index in [1.54, 1.807) is 30.2 Å². The molecule has 0 fully saturated rings. The second kappa shape index (κ2) is 11.7. The molecule has 2 aromatic heterocycles. The third-order valence-corrected chi connectivity index (χ3v) is 6.87. The van der Waals surface area contributed by atoms with Crippen LogP contribution in [-0.4, -0.2) is 39.4 Å². The van der Waals surface area contributed by atoms with E-state index in [1.807, 2.05) is 49.4 Å². The minimum atomic E-state index is -0.362. The molecule has 3 N–H and O–H groups in total. The van der Waals surface area contributed by atoms with Crippen LogP contribution in [0.15, 0.2) is 79.1 Å². The molecule has 210 valence electrons. The van der Waals surface area contributed by atoms with Crippen molar-refractivity contribution >= 4 is 34.3 Å². The zero-order valence-electron chi connectivity index (χ0n) is 24.0. The predicted octanol–water partition coefficient (Wildman–Crippen LogP) is 6.73. The van der Waals surface area contributed by atoms with Gasteiger partial charge in [0.05, 0.1) is 24.2 Å². The number of benzene rings is 3. The van der Waals surface area contributed by atoms with Gasteiger partial charge in [-0.15, -0.1) is 0 Å². The van der Waals surface area contributed by atoms with Crippen LogP contribution in [0.25, 0.3) is 16.5 Å². The number of aromatic nitrogens is 4. The number of anilines is 3. The van der Waals surface area contributed by atoms with Crippen molar-refractivity contribution in [3.63, 3.8) is 0 Å². The maximum atomic E-state index is 13.2. The second-order valence-corrected chi connectivity index (χ2v) is 10.8. The van der Waals surface area contributed by atoms with Gasteiger partial charge in [0.15, 0.2) is 0 Å². The highest BCUT2D eigenvalue weighted by Crippen LogP contribution is 2.32. The molecule has 3 aromatic carbocycles. The van der Waals surface area contributed by atoms with Crippen LogP contribution < -0.4 is 20.7 Å². The molecule has 2 amide bonds. The van der Waals surface area contributed by atoms with Gasteiger partial charge in [-0.25, -0.2) is 19.4 Å². The first-order chi connectivity index (χ1) is 19.7. The Morgan fingerprint density at radius 3 is 2.54 bits per heavy atom. The fourth-order valence-corrected chi connectivity index (χ4v) is 4.59. The van der Waals surface area contributed by atoms with E-state index in [-0.39, 0.29) is 11.4 Å². The lowest BCUT2D eigenvalue weighted by molar-refractivity contribution is 0.262. The van der Waals surface area contributed by atoms with E-state index >= 15 is 0 Å². The van der Waals surface area contributed by atoms with Crippen molar-refractivity contribution in [1.82, 2.24) is 19.7 Å². The summed E-state index contributed by atoms with van der Waals surface area (Å²) in [5.74, 6) is 1.90. The van der Waals surface area contributed by atoms with Crippen molar-refractivity contribution in [3.8, 4) is 11.4 Å². The number of fused-ring (bicyclic) bond motifs is 1. The van der Waals surface area contributed by atoms with Crippen LogP contribution in [0.2, 0.25) is 0 Å². The fourth-order valence-electron chi connectivity index (χ4n) is 4.59. The first kappa shape index (κ1) is 27.6. The van der Waals surface area contributed by atoms with Crippen LogP contribution >= 0.6 is 0 Å². The summed E-state index contributed by atoms with van der Waals surface area (Å²) in [6, 6.07) is 21.2. The smallest absolute Gasteiger partial charge is 0.324 e. The summed E-state index contributed by atoms with van der Waals surface area (Å²) < 4.78 is 7.89. The number of amides is 2. The van der Waals surface area contributed by atoms with Gasteiger partial charge >= 0.3 is 6.03 Å². The summed E-state index contributed by atoms with van der Waals surface area (Å²) in [6.45, 7) is 9.02. The molecule has 41 heavy (non-hydrogen) atoms. The molecule has 0 spiro atoms. The normalized spacial score (nSPS) is 11.3. The molecule has 0 radical (unpaired) electrons. The molecule has 0 aliphatic rings. The molecule has 0 saturated heterocycles. The number of carbonyl (C=O) groups excluding carboxylic acids is 1. The summed E-state index contributed by atoms with van der Waals surface area (Å²) in [6.07, 6.45) is 4.05. The first-order valence-corrected chi connectivity index (χ1v) is 13.6. The van der Waals surface area contributed by atoms with Crippen LogP contribution in [-0.2, 0) is 11.8 Å². The van der Waals surface area contributed by atoms with Gasteiger partial charge < -0.3 is 15.4 Å². The largest absolute Gasteiger partial charge is 0.493 e. The number of nitrogens with zero attached hydrogens (tertiary/aromatic N) is 4. The van der Waals surface area contributed by atoms with Gasteiger partial charge in [0.1, 0.15) is 11.6 Å². The summed E-state index contributed by atoms with van der Waals surface area (Å²) in [5, 5.41) is 15.2. The topological polar surface area (TPSA) is 106 Å².